The summed E-state index contributed by atoms with van der Waals surface area (Å²) >= 11 is 5.86. The predicted molar refractivity (Wildman–Crippen MR) is 129 cm³/mol. The number of carbonyl (C=O) groups is 2. The minimum atomic E-state index is -4.68. The van der Waals surface area contributed by atoms with Crippen molar-refractivity contribution in [1.29, 1.82) is 0 Å². The number of benzene rings is 1. The number of hydrogen-bond acceptors (Lipinski definition) is 5. The maximum Gasteiger partial charge on any atom is 0.416 e. The second kappa shape index (κ2) is 10.4. The molecule has 3 heterocycles. The summed E-state index contributed by atoms with van der Waals surface area (Å²) in [5, 5.41) is 9.55. The summed E-state index contributed by atoms with van der Waals surface area (Å²) in [6.45, 7) is 3.02. The van der Waals surface area contributed by atoms with Crippen LogP contribution in [0.3, 0.4) is 0 Å². The largest absolute Gasteiger partial charge is 0.416 e. The van der Waals surface area contributed by atoms with E-state index < -0.39 is 41.6 Å². The van der Waals surface area contributed by atoms with Gasteiger partial charge in [0.25, 0.3) is 5.91 Å². The van der Waals surface area contributed by atoms with Crippen LogP contribution in [0.25, 0.3) is 0 Å². The first kappa shape index (κ1) is 27.1. The minimum absolute atomic E-state index is 0.0343. The number of amides is 3. The summed E-state index contributed by atoms with van der Waals surface area (Å²) < 4.78 is 54.2. The Hall–Kier alpha value is -2.96. The Labute approximate surface area is 216 Å². The second-order valence-electron chi connectivity index (χ2n) is 9.21. The Balaban J connectivity index is 1.66. The van der Waals surface area contributed by atoms with Crippen LogP contribution < -0.4 is 9.80 Å². The third kappa shape index (κ3) is 5.81. The van der Waals surface area contributed by atoms with E-state index in [-0.39, 0.29) is 35.3 Å². The van der Waals surface area contributed by atoms with Crippen LogP contribution in [0.15, 0.2) is 30.3 Å². The summed E-state index contributed by atoms with van der Waals surface area (Å²) in [6.07, 6.45) is -4.52. The number of nitrogens with zero attached hydrogens (tertiary/aromatic N) is 5. The van der Waals surface area contributed by atoms with E-state index in [0.29, 0.717) is 26.1 Å². The molecule has 2 fully saturated rings. The van der Waals surface area contributed by atoms with Gasteiger partial charge in [0.15, 0.2) is 0 Å². The average molecular weight is 544 g/mol. The fourth-order valence-electron chi connectivity index (χ4n) is 4.55. The summed E-state index contributed by atoms with van der Waals surface area (Å²) in [7, 11) is 1.41. The summed E-state index contributed by atoms with van der Waals surface area (Å²) in [4.78, 5) is 36.7. The number of likely N-dealkylation sites (N-methyl/N-ethyl adjacent to an activating group) is 1. The van der Waals surface area contributed by atoms with Gasteiger partial charge in [-0.1, -0.05) is 11.6 Å². The number of anilines is 2. The fraction of sp³-hybridized carbons (Fsp3) is 0.458. The van der Waals surface area contributed by atoms with E-state index in [1.54, 1.807) is 0 Å². The molecule has 1 aromatic heterocycles. The van der Waals surface area contributed by atoms with Gasteiger partial charge in [-0.25, -0.2) is 14.2 Å². The van der Waals surface area contributed by atoms with Crippen molar-refractivity contribution in [1.82, 2.24) is 14.8 Å². The Bertz CT molecular complexity index is 1200. The first-order valence-electron chi connectivity index (χ1n) is 11.6. The van der Waals surface area contributed by atoms with E-state index in [0.717, 1.165) is 23.1 Å². The van der Waals surface area contributed by atoms with E-state index >= 15 is 0 Å². The van der Waals surface area contributed by atoms with Crippen LogP contribution in [0, 0.1) is 12.7 Å². The molecule has 1 aromatic carbocycles. The van der Waals surface area contributed by atoms with Gasteiger partial charge in [0.2, 0.25) is 0 Å². The Kier molecular flexibility index (Phi) is 7.63. The van der Waals surface area contributed by atoms with Crippen LogP contribution in [-0.4, -0.2) is 83.7 Å². The van der Waals surface area contributed by atoms with Gasteiger partial charge in [0, 0.05) is 44.6 Å². The number of β-amino-alcohol motifs (C(OH)–C–C–N with tert-alkyl or cyclic N) is 1. The lowest BCUT2D eigenvalue weighted by molar-refractivity contribution is -0.137. The topological polar surface area (TPSA) is 80.2 Å². The molecule has 1 unspecified atom stereocenters. The number of likely N-dealkylation sites (tertiary alicyclic amines) is 1. The minimum Gasteiger partial charge on any atom is -0.392 e. The third-order valence-corrected chi connectivity index (χ3v) is 6.83. The zero-order valence-corrected chi connectivity index (χ0v) is 20.9. The van der Waals surface area contributed by atoms with Crippen molar-refractivity contribution in [3.63, 3.8) is 0 Å². The van der Waals surface area contributed by atoms with Crippen LogP contribution in [0.5, 0.6) is 0 Å². The molecular formula is C24H26ClF4N5O3. The number of carbonyl (C=O) groups excluding carboxylic acids is 2. The van der Waals surface area contributed by atoms with Crippen molar-refractivity contribution >= 4 is 35.0 Å². The van der Waals surface area contributed by atoms with Crippen molar-refractivity contribution in [3.8, 4) is 0 Å². The highest BCUT2D eigenvalue weighted by Crippen LogP contribution is 2.34. The number of rotatable bonds is 6. The zero-order chi connectivity index (χ0) is 27.1. The van der Waals surface area contributed by atoms with E-state index in [9.17, 15) is 32.3 Å². The van der Waals surface area contributed by atoms with Crippen LogP contribution in [0.2, 0.25) is 5.02 Å². The molecule has 1 N–H and O–H groups in total. The van der Waals surface area contributed by atoms with Crippen molar-refractivity contribution in [2.24, 2.45) is 0 Å². The molecule has 2 aromatic rings. The molecule has 37 heavy (non-hydrogen) atoms. The lowest BCUT2D eigenvalue weighted by atomic mass is 10.1. The highest BCUT2D eigenvalue weighted by Gasteiger charge is 2.45. The van der Waals surface area contributed by atoms with Crippen LogP contribution >= 0.6 is 11.6 Å². The number of aliphatic hydroxyl groups excluding tert-OH is 1. The second-order valence-corrected chi connectivity index (χ2v) is 9.61. The lowest BCUT2D eigenvalue weighted by Gasteiger charge is -2.27. The van der Waals surface area contributed by atoms with Crippen LogP contribution in [-0.2, 0) is 11.0 Å². The molecule has 8 nitrogen and oxygen atoms in total. The molecule has 3 amide bonds. The standard InChI is InChI=1S/C24H26ClF4N5O3/c1-14-9-15(24(27,28)29)10-21(30-14)34-20(22(36)31(2)16-3-4-19(26)18(25)11-16)13-33(23(34)37)8-7-32-6-5-17(35)12-32/h3-4,9-11,17,20,35H,5-8,12-13H2,1-2H3/t17-,20?/m1/s1. The average Bonchev–Trinajstić information content (AvgIpc) is 3.39. The predicted octanol–water partition coefficient (Wildman–Crippen LogP) is 3.54. The van der Waals surface area contributed by atoms with Gasteiger partial charge in [0.05, 0.1) is 23.2 Å². The number of aryl methyl sites for hydroxylation is 1. The molecule has 13 heteroatoms. The first-order valence-corrected chi connectivity index (χ1v) is 12.0. The normalized spacial score (nSPS) is 20.7. The van der Waals surface area contributed by atoms with E-state index in [1.807, 2.05) is 4.90 Å². The molecule has 0 aliphatic carbocycles. The van der Waals surface area contributed by atoms with Crippen LogP contribution in [0.1, 0.15) is 17.7 Å². The number of pyridine rings is 1. The molecule has 2 atom stereocenters. The number of halogens is 5. The zero-order valence-electron chi connectivity index (χ0n) is 20.2. The Morgan fingerprint density at radius 2 is 1.95 bits per heavy atom. The number of urea groups is 1. The molecule has 4 rings (SSSR count). The van der Waals surface area contributed by atoms with Gasteiger partial charge in [-0.2, -0.15) is 13.2 Å². The summed E-state index contributed by atoms with van der Waals surface area (Å²) in [6, 6.07) is 3.44. The summed E-state index contributed by atoms with van der Waals surface area (Å²) in [5.41, 5.74) is -0.703. The highest BCUT2D eigenvalue weighted by atomic mass is 35.5. The van der Waals surface area contributed by atoms with Crippen molar-refractivity contribution in [3.05, 3.63) is 52.4 Å². The van der Waals surface area contributed by atoms with E-state index in [1.165, 1.54) is 35.9 Å². The third-order valence-electron chi connectivity index (χ3n) is 6.54. The van der Waals surface area contributed by atoms with Gasteiger partial charge >= 0.3 is 12.2 Å². The molecule has 2 saturated heterocycles. The maximum absolute atomic E-state index is 13.6. The Morgan fingerprint density at radius 3 is 2.57 bits per heavy atom. The van der Waals surface area contributed by atoms with Gasteiger partial charge in [0.1, 0.15) is 17.7 Å². The molecule has 0 spiro atoms. The van der Waals surface area contributed by atoms with Crippen molar-refractivity contribution in [2.75, 3.05) is 49.6 Å². The first-order chi connectivity index (χ1) is 17.3. The highest BCUT2D eigenvalue weighted by molar-refractivity contribution is 6.31. The van der Waals surface area contributed by atoms with E-state index in [2.05, 4.69) is 4.98 Å². The SMILES string of the molecule is Cc1cc(C(F)(F)F)cc(N2C(=O)N(CCN3CC[C@@H](O)C3)CC2C(=O)N(C)c2ccc(F)c(Cl)c2)n1. The monoisotopic (exact) mass is 543 g/mol. The molecule has 0 radical (unpaired) electrons. The fourth-order valence-corrected chi connectivity index (χ4v) is 4.72. The number of hydrogen-bond donors (Lipinski definition) is 1. The molecule has 0 bridgehead atoms. The lowest BCUT2D eigenvalue weighted by Crippen LogP contribution is -2.47. The number of alkyl halides is 3. The number of aliphatic hydroxyl groups is 1. The van der Waals surface area contributed by atoms with Gasteiger partial charge < -0.3 is 14.9 Å². The van der Waals surface area contributed by atoms with Crippen molar-refractivity contribution < 1.29 is 32.3 Å². The summed E-state index contributed by atoms with van der Waals surface area (Å²) in [5.74, 6) is -1.57. The molecule has 0 saturated carbocycles. The molecule has 2 aliphatic heterocycles. The maximum atomic E-state index is 13.6. The smallest absolute Gasteiger partial charge is 0.392 e. The van der Waals surface area contributed by atoms with Crippen LogP contribution in [0.4, 0.5) is 33.9 Å². The molecular weight excluding hydrogens is 518 g/mol. The van der Waals surface area contributed by atoms with Gasteiger partial charge in [-0.3, -0.25) is 14.6 Å². The number of aromatic nitrogens is 1. The van der Waals surface area contributed by atoms with Crippen molar-refractivity contribution in [2.45, 2.75) is 31.7 Å². The Morgan fingerprint density at radius 1 is 1.22 bits per heavy atom. The quantitative estimate of drug-likeness (QED) is 0.564. The van der Waals surface area contributed by atoms with E-state index in [4.69, 9.17) is 11.6 Å². The molecule has 2 aliphatic rings. The molecule has 200 valence electrons. The van der Waals surface area contributed by atoms with Gasteiger partial charge in [-0.05, 0) is 43.7 Å². The van der Waals surface area contributed by atoms with Gasteiger partial charge in [-0.15, -0.1) is 0 Å².